The third-order valence-corrected chi connectivity index (χ3v) is 2.85. The van der Waals surface area contributed by atoms with Gasteiger partial charge in [0.2, 0.25) is 0 Å². The van der Waals surface area contributed by atoms with Crippen molar-refractivity contribution in [2.75, 3.05) is 6.54 Å². The molecule has 1 heterocycles. The maximum atomic E-state index is 13.3. The zero-order valence-corrected chi connectivity index (χ0v) is 11.3. The van der Waals surface area contributed by atoms with Crippen LogP contribution < -0.4 is 10.6 Å². The third kappa shape index (κ3) is 4.45. The van der Waals surface area contributed by atoms with Crippen molar-refractivity contribution < 1.29 is 18.4 Å². The highest BCUT2D eigenvalue weighted by molar-refractivity contribution is 6.35. The normalized spacial score (nSPS) is 10.1. The molecule has 110 valence electrons. The summed E-state index contributed by atoms with van der Waals surface area (Å²) in [6.45, 7) is 0.334. The number of rotatable bonds is 5. The number of amides is 2. The summed E-state index contributed by atoms with van der Waals surface area (Å²) in [5.74, 6) is -1.27. The fourth-order valence-electron chi connectivity index (χ4n) is 1.75. The second-order valence-corrected chi connectivity index (χ2v) is 4.36. The van der Waals surface area contributed by atoms with Crippen LogP contribution in [-0.2, 0) is 22.6 Å². The SMILES string of the molecule is O=C(NCCc1ccccc1F)C(=O)NCc1ccco1. The van der Waals surface area contributed by atoms with Gasteiger partial charge in [-0.2, -0.15) is 0 Å². The van der Waals surface area contributed by atoms with E-state index in [0.717, 1.165) is 0 Å². The predicted molar refractivity (Wildman–Crippen MR) is 73.7 cm³/mol. The van der Waals surface area contributed by atoms with E-state index in [0.29, 0.717) is 17.7 Å². The molecular formula is C15H15FN2O3. The van der Waals surface area contributed by atoms with Gasteiger partial charge in [-0.3, -0.25) is 9.59 Å². The van der Waals surface area contributed by atoms with Crippen LogP contribution in [0.1, 0.15) is 11.3 Å². The standard InChI is InChI=1S/C15H15FN2O3/c16-13-6-2-1-4-11(13)7-8-17-14(19)15(20)18-10-12-5-3-9-21-12/h1-6,9H,7-8,10H2,(H,17,19)(H,18,20). The van der Waals surface area contributed by atoms with Crippen LogP contribution in [0.2, 0.25) is 0 Å². The summed E-state index contributed by atoms with van der Waals surface area (Å²) >= 11 is 0. The van der Waals surface area contributed by atoms with Crippen LogP contribution in [0.15, 0.2) is 47.1 Å². The molecule has 0 aliphatic carbocycles. The van der Waals surface area contributed by atoms with Crippen LogP contribution in [0.4, 0.5) is 4.39 Å². The first kappa shape index (κ1) is 14.8. The number of carbonyl (C=O) groups excluding carboxylic acids is 2. The number of benzene rings is 1. The van der Waals surface area contributed by atoms with Gasteiger partial charge in [-0.05, 0) is 30.2 Å². The lowest BCUT2D eigenvalue weighted by Crippen LogP contribution is -2.40. The predicted octanol–water partition coefficient (Wildman–Crippen LogP) is 1.39. The molecule has 5 nitrogen and oxygen atoms in total. The van der Waals surface area contributed by atoms with Gasteiger partial charge >= 0.3 is 11.8 Å². The Labute approximate surface area is 121 Å². The molecule has 0 aliphatic rings. The number of carbonyl (C=O) groups is 2. The first-order valence-corrected chi connectivity index (χ1v) is 6.48. The highest BCUT2D eigenvalue weighted by atomic mass is 19.1. The fourth-order valence-corrected chi connectivity index (χ4v) is 1.75. The molecule has 0 atom stereocenters. The number of halogens is 1. The van der Waals surface area contributed by atoms with Gasteiger partial charge in [0.1, 0.15) is 11.6 Å². The van der Waals surface area contributed by atoms with Crippen LogP contribution in [0.25, 0.3) is 0 Å². The quantitative estimate of drug-likeness (QED) is 0.818. The molecule has 0 radical (unpaired) electrons. The number of furan rings is 1. The van der Waals surface area contributed by atoms with Crippen molar-refractivity contribution in [1.82, 2.24) is 10.6 Å². The van der Waals surface area contributed by atoms with Gasteiger partial charge in [-0.1, -0.05) is 18.2 Å². The summed E-state index contributed by atoms with van der Waals surface area (Å²) in [5, 5.41) is 4.87. The van der Waals surface area contributed by atoms with Crippen LogP contribution in [-0.4, -0.2) is 18.4 Å². The topological polar surface area (TPSA) is 71.3 Å². The highest BCUT2D eigenvalue weighted by Crippen LogP contribution is 2.06. The van der Waals surface area contributed by atoms with Crippen molar-refractivity contribution in [3.8, 4) is 0 Å². The number of hydrogen-bond donors (Lipinski definition) is 2. The van der Waals surface area contributed by atoms with E-state index in [-0.39, 0.29) is 18.9 Å². The second-order valence-electron chi connectivity index (χ2n) is 4.36. The van der Waals surface area contributed by atoms with Crippen LogP contribution in [0.5, 0.6) is 0 Å². The molecule has 2 aromatic rings. The zero-order chi connectivity index (χ0) is 15.1. The van der Waals surface area contributed by atoms with E-state index in [1.807, 2.05) is 0 Å². The Morgan fingerprint density at radius 2 is 1.81 bits per heavy atom. The van der Waals surface area contributed by atoms with Gasteiger partial charge in [0, 0.05) is 6.54 Å². The van der Waals surface area contributed by atoms with E-state index < -0.39 is 11.8 Å². The Kier molecular flexibility index (Phi) is 5.09. The molecule has 0 fully saturated rings. The Morgan fingerprint density at radius 3 is 2.52 bits per heavy atom. The molecule has 0 unspecified atom stereocenters. The first-order valence-electron chi connectivity index (χ1n) is 6.48. The van der Waals surface area contributed by atoms with Gasteiger partial charge in [0.05, 0.1) is 12.8 Å². The van der Waals surface area contributed by atoms with Crippen LogP contribution in [0.3, 0.4) is 0 Å². The molecule has 2 amide bonds. The average Bonchev–Trinajstić information content (AvgIpc) is 3.00. The molecule has 2 N–H and O–H groups in total. The molecule has 0 aliphatic heterocycles. The lowest BCUT2D eigenvalue weighted by Gasteiger charge is -2.06. The van der Waals surface area contributed by atoms with Gasteiger partial charge < -0.3 is 15.1 Å². The number of nitrogens with one attached hydrogen (secondary N) is 2. The Bertz CT molecular complexity index is 611. The van der Waals surface area contributed by atoms with E-state index in [1.165, 1.54) is 12.3 Å². The Balaban J connectivity index is 1.71. The van der Waals surface area contributed by atoms with Gasteiger partial charge in [0.15, 0.2) is 0 Å². The van der Waals surface area contributed by atoms with E-state index in [2.05, 4.69) is 10.6 Å². The van der Waals surface area contributed by atoms with E-state index >= 15 is 0 Å². The fraction of sp³-hybridized carbons (Fsp3) is 0.200. The summed E-state index contributed by atoms with van der Waals surface area (Å²) in [4.78, 5) is 23.0. The van der Waals surface area contributed by atoms with E-state index in [4.69, 9.17) is 4.42 Å². The minimum atomic E-state index is -0.752. The van der Waals surface area contributed by atoms with E-state index in [9.17, 15) is 14.0 Å². The van der Waals surface area contributed by atoms with Crippen molar-refractivity contribution in [3.05, 3.63) is 59.8 Å². The maximum Gasteiger partial charge on any atom is 0.309 e. The van der Waals surface area contributed by atoms with Crippen molar-refractivity contribution >= 4 is 11.8 Å². The molecule has 0 bridgehead atoms. The van der Waals surface area contributed by atoms with Crippen molar-refractivity contribution in [1.29, 1.82) is 0 Å². The van der Waals surface area contributed by atoms with E-state index in [1.54, 1.807) is 30.3 Å². The molecule has 6 heteroatoms. The zero-order valence-electron chi connectivity index (χ0n) is 11.3. The first-order chi connectivity index (χ1) is 10.2. The van der Waals surface area contributed by atoms with Gasteiger partial charge in [-0.25, -0.2) is 4.39 Å². The van der Waals surface area contributed by atoms with Crippen LogP contribution >= 0.6 is 0 Å². The Hall–Kier alpha value is -2.63. The van der Waals surface area contributed by atoms with Gasteiger partial charge in [0.25, 0.3) is 0 Å². The summed E-state index contributed by atoms with van der Waals surface area (Å²) in [6, 6.07) is 9.69. The van der Waals surface area contributed by atoms with Gasteiger partial charge in [-0.15, -0.1) is 0 Å². The molecular weight excluding hydrogens is 275 g/mol. The average molecular weight is 290 g/mol. The molecule has 0 saturated heterocycles. The molecule has 2 rings (SSSR count). The van der Waals surface area contributed by atoms with Crippen LogP contribution in [0, 0.1) is 5.82 Å². The highest BCUT2D eigenvalue weighted by Gasteiger charge is 2.13. The molecule has 1 aromatic carbocycles. The second kappa shape index (κ2) is 7.23. The summed E-state index contributed by atoms with van der Waals surface area (Å²) in [7, 11) is 0. The van der Waals surface area contributed by atoms with Crippen molar-refractivity contribution in [2.24, 2.45) is 0 Å². The minimum Gasteiger partial charge on any atom is -0.467 e. The number of hydrogen-bond acceptors (Lipinski definition) is 3. The van der Waals surface area contributed by atoms with Crippen molar-refractivity contribution in [3.63, 3.8) is 0 Å². The maximum absolute atomic E-state index is 13.3. The summed E-state index contributed by atoms with van der Waals surface area (Å²) < 4.78 is 18.4. The minimum absolute atomic E-state index is 0.145. The summed E-state index contributed by atoms with van der Waals surface area (Å²) in [6.07, 6.45) is 1.81. The monoisotopic (exact) mass is 290 g/mol. The lowest BCUT2D eigenvalue weighted by molar-refractivity contribution is -0.139. The molecule has 21 heavy (non-hydrogen) atoms. The Morgan fingerprint density at radius 1 is 1.05 bits per heavy atom. The lowest BCUT2D eigenvalue weighted by atomic mass is 10.1. The summed E-state index contributed by atoms with van der Waals surface area (Å²) in [5.41, 5.74) is 0.494. The smallest absolute Gasteiger partial charge is 0.309 e. The van der Waals surface area contributed by atoms with Crippen molar-refractivity contribution in [2.45, 2.75) is 13.0 Å². The molecule has 1 aromatic heterocycles. The largest absolute Gasteiger partial charge is 0.467 e. The molecule has 0 saturated carbocycles. The molecule has 0 spiro atoms. The third-order valence-electron chi connectivity index (χ3n) is 2.85.